The van der Waals surface area contributed by atoms with Crippen molar-refractivity contribution in [3.8, 4) is 6.07 Å². The van der Waals surface area contributed by atoms with Gasteiger partial charge in [0.05, 0.1) is 11.8 Å². The number of hydrogen-bond donors (Lipinski definition) is 1. The molecule has 0 saturated heterocycles. The Balaban J connectivity index is 1.62. The molecule has 1 N–H and O–H groups in total. The summed E-state index contributed by atoms with van der Waals surface area (Å²) in [6.07, 6.45) is 8.03. The number of thiophene rings is 1. The van der Waals surface area contributed by atoms with Gasteiger partial charge in [-0.15, -0.1) is 11.3 Å². The second-order valence-corrected chi connectivity index (χ2v) is 6.35. The number of fused-ring (bicyclic) bond motifs is 1. The van der Waals surface area contributed by atoms with Crippen molar-refractivity contribution in [3.05, 3.63) is 40.3 Å². The van der Waals surface area contributed by atoms with E-state index in [9.17, 15) is 14.9 Å². The number of esters is 1. The van der Waals surface area contributed by atoms with Crippen molar-refractivity contribution < 1.29 is 14.3 Å². The van der Waals surface area contributed by atoms with Crippen LogP contribution in [0.4, 0.5) is 5.00 Å². The highest BCUT2D eigenvalue weighted by molar-refractivity contribution is 7.16. The lowest BCUT2D eigenvalue weighted by molar-refractivity contribution is -0.119. The van der Waals surface area contributed by atoms with Gasteiger partial charge in [-0.25, -0.2) is 9.78 Å². The predicted molar refractivity (Wildman–Crippen MR) is 86.6 cm³/mol. The second kappa shape index (κ2) is 7.19. The minimum absolute atomic E-state index is 0.0367. The van der Waals surface area contributed by atoms with Crippen molar-refractivity contribution >= 4 is 28.2 Å². The Kier molecular flexibility index (Phi) is 4.82. The lowest BCUT2D eigenvalue weighted by Gasteiger charge is -2.09. The van der Waals surface area contributed by atoms with E-state index < -0.39 is 18.5 Å². The van der Waals surface area contributed by atoms with Crippen molar-refractivity contribution in [2.24, 2.45) is 0 Å². The average Bonchev–Trinajstić information content (AvgIpc) is 2.97. The third kappa shape index (κ3) is 3.41. The molecular formula is C16H14N4O3S. The maximum Gasteiger partial charge on any atom is 0.359 e. The van der Waals surface area contributed by atoms with Gasteiger partial charge in [0.15, 0.2) is 12.3 Å². The smallest absolute Gasteiger partial charge is 0.359 e. The molecule has 0 fully saturated rings. The Morgan fingerprint density at radius 3 is 2.92 bits per heavy atom. The van der Waals surface area contributed by atoms with Gasteiger partial charge in [-0.05, 0) is 31.2 Å². The highest BCUT2D eigenvalue weighted by Gasteiger charge is 2.22. The minimum atomic E-state index is -0.718. The van der Waals surface area contributed by atoms with E-state index in [1.54, 1.807) is 0 Å². The van der Waals surface area contributed by atoms with Crippen LogP contribution >= 0.6 is 11.3 Å². The van der Waals surface area contributed by atoms with E-state index in [0.29, 0.717) is 10.6 Å². The van der Waals surface area contributed by atoms with Crippen LogP contribution in [-0.4, -0.2) is 28.5 Å². The van der Waals surface area contributed by atoms with E-state index in [1.807, 2.05) is 0 Å². The molecule has 8 heteroatoms. The quantitative estimate of drug-likeness (QED) is 0.853. The van der Waals surface area contributed by atoms with Gasteiger partial charge < -0.3 is 10.1 Å². The molecule has 24 heavy (non-hydrogen) atoms. The molecule has 0 unspecified atom stereocenters. The highest BCUT2D eigenvalue weighted by atomic mass is 32.1. The molecular weight excluding hydrogens is 328 g/mol. The van der Waals surface area contributed by atoms with Gasteiger partial charge >= 0.3 is 5.97 Å². The van der Waals surface area contributed by atoms with Crippen molar-refractivity contribution in [3.63, 3.8) is 0 Å². The lowest BCUT2D eigenvalue weighted by atomic mass is 9.96. The van der Waals surface area contributed by atoms with Crippen LogP contribution in [0.15, 0.2) is 18.6 Å². The summed E-state index contributed by atoms with van der Waals surface area (Å²) in [6, 6.07) is 2.17. The molecule has 1 aliphatic rings. The van der Waals surface area contributed by atoms with Gasteiger partial charge in [0.25, 0.3) is 5.91 Å². The van der Waals surface area contributed by atoms with Crippen molar-refractivity contribution in [2.45, 2.75) is 25.7 Å². The number of amides is 1. The van der Waals surface area contributed by atoms with Crippen molar-refractivity contribution in [2.75, 3.05) is 11.9 Å². The zero-order chi connectivity index (χ0) is 16.9. The van der Waals surface area contributed by atoms with E-state index in [1.165, 1.54) is 29.9 Å². The highest BCUT2D eigenvalue weighted by Crippen LogP contribution is 2.37. The van der Waals surface area contributed by atoms with E-state index in [-0.39, 0.29) is 5.69 Å². The Morgan fingerprint density at radius 1 is 1.33 bits per heavy atom. The van der Waals surface area contributed by atoms with E-state index >= 15 is 0 Å². The van der Waals surface area contributed by atoms with Crippen molar-refractivity contribution in [1.29, 1.82) is 5.26 Å². The number of carbonyl (C=O) groups excluding carboxylic acids is 2. The predicted octanol–water partition coefficient (Wildman–Crippen LogP) is 2.08. The van der Waals surface area contributed by atoms with Crippen molar-refractivity contribution in [1.82, 2.24) is 9.97 Å². The zero-order valence-electron chi connectivity index (χ0n) is 12.7. The number of rotatable bonds is 4. The van der Waals surface area contributed by atoms with Crippen LogP contribution in [0.1, 0.15) is 39.3 Å². The fraction of sp³-hybridized carbons (Fsp3) is 0.312. The maximum atomic E-state index is 12.0. The average molecular weight is 342 g/mol. The Labute approximate surface area is 142 Å². The number of ether oxygens (including phenoxy) is 1. The molecule has 1 amide bonds. The molecule has 1 aliphatic carbocycles. The molecule has 2 aromatic heterocycles. The molecule has 3 rings (SSSR count). The first-order chi connectivity index (χ1) is 11.7. The molecule has 0 spiro atoms. The fourth-order valence-electron chi connectivity index (χ4n) is 2.54. The number of nitrogens with one attached hydrogen (secondary N) is 1. The first-order valence-corrected chi connectivity index (χ1v) is 8.28. The van der Waals surface area contributed by atoms with Crippen LogP contribution in [0.5, 0.6) is 0 Å². The molecule has 0 bridgehead atoms. The summed E-state index contributed by atoms with van der Waals surface area (Å²) in [5.41, 5.74) is 1.61. The molecule has 2 aromatic rings. The van der Waals surface area contributed by atoms with Crippen LogP contribution in [-0.2, 0) is 22.4 Å². The summed E-state index contributed by atoms with van der Waals surface area (Å²) in [6.45, 7) is -0.442. The summed E-state index contributed by atoms with van der Waals surface area (Å²) in [7, 11) is 0. The van der Waals surface area contributed by atoms with Gasteiger partial charge in [-0.3, -0.25) is 9.78 Å². The monoisotopic (exact) mass is 342 g/mol. The van der Waals surface area contributed by atoms with Gasteiger partial charge in [0.1, 0.15) is 11.1 Å². The summed E-state index contributed by atoms with van der Waals surface area (Å²) in [4.78, 5) is 32.5. The number of aromatic nitrogens is 2. The van der Waals surface area contributed by atoms with Gasteiger partial charge in [0.2, 0.25) is 0 Å². The van der Waals surface area contributed by atoms with Crippen LogP contribution in [0.2, 0.25) is 0 Å². The fourth-order valence-corrected chi connectivity index (χ4v) is 3.80. The molecule has 0 aromatic carbocycles. The summed E-state index contributed by atoms with van der Waals surface area (Å²) in [5, 5.41) is 12.5. The van der Waals surface area contributed by atoms with Gasteiger partial charge in [-0.2, -0.15) is 5.26 Å². The largest absolute Gasteiger partial charge is 0.451 e. The van der Waals surface area contributed by atoms with Gasteiger partial charge in [0, 0.05) is 17.3 Å². The van der Waals surface area contributed by atoms with Crippen LogP contribution < -0.4 is 5.32 Å². The first-order valence-electron chi connectivity index (χ1n) is 7.46. The molecule has 0 atom stereocenters. The number of aryl methyl sites for hydroxylation is 1. The molecule has 7 nitrogen and oxygen atoms in total. The lowest BCUT2D eigenvalue weighted by Crippen LogP contribution is -2.21. The summed E-state index contributed by atoms with van der Waals surface area (Å²) < 4.78 is 4.91. The molecule has 0 aliphatic heterocycles. The normalized spacial score (nSPS) is 12.8. The first kappa shape index (κ1) is 16.1. The SMILES string of the molecule is N#Cc1c(NC(=O)COC(=O)c2cnccn2)sc2c1CCCC2. The van der Waals surface area contributed by atoms with E-state index in [0.717, 1.165) is 36.1 Å². The molecule has 0 saturated carbocycles. The third-order valence-electron chi connectivity index (χ3n) is 3.64. The Morgan fingerprint density at radius 2 is 2.17 bits per heavy atom. The Hall–Kier alpha value is -2.79. The number of carbonyl (C=O) groups is 2. The summed E-state index contributed by atoms with van der Waals surface area (Å²) >= 11 is 1.43. The van der Waals surface area contributed by atoms with Gasteiger partial charge in [-0.1, -0.05) is 0 Å². The second-order valence-electron chi connectivity index (χ2n) is 5.24. The number of nitrogens with zero attached hydrogens (tertiary/aromatic N) is 3. The zero-order valence-corrected chi connectivity index (χ0v) is 13.6. The maximum absolute atomic E-state index is 12.0. The topological polar surface area (TPSA) is 105 Å². The van der Waals surface area contributed by atoms with E-state index in [2.05, 4.69) is 21.4 Å². The van der Waals surface area contributed by atoms with Crippen LogP contribution in [0, 0.1) is 11.3 Å². The number of anilines is 1. The molecule has 2 heterocycles. The number of nitriles is 1. The van der Waals surface area contributed by atoms with E-state index in [4.69, 9.17) is 4.74 Å². The molecule has 0 radical (unpaired) electrons. The number of hydrogen-bond acceptors (Lipinski definition) is 7. The Bertz CT molecular complexity index is 811. The third-order valence-corrected chi connectivity index (χ3v) is 4.85. The minimum Gasteiger partial charge on any atom is -0.451 e. The summed E-state index contributed by atoms with van der Waals surface area (Å²) in [5.74, 6) is -1.20. The van der Waals surface area contributed by atoms with Crippen LogP contribution in [0.3, 0.4) is 0 Å². The van der Waals surface area contributed by atoms with Crippen LogP contribution in [0.25, 0.3) is 0 Å². The molecule has 122 valence electrons. The standard InChI is InChI=1S/C16H14N4O3S/c17-7-11-10-3-1-2-4-13(10)24-15(11)20-14(21)9-23-16(22)12-8-18-5-6-19-12/h5-6,8H,1-4,9H2,(H,20,21).